The number of likely N-dealkylation sites (tertiary alicyclic amines) is 1. The maximum Gasteiger partial charge on any atom is 0.314 e. The minimum atomic E-state index is -0.659. The van der Waals surface area contributed by atoms with Crippen molar-refractivity contribution < 1.29 is 19.1 Å². The lowest BCUT2D eigenvalue weighted by molar-refractivity contribution is -0.171. The Morgan fingerprint density at radius 2 is 1.88 bits per heavy atom. The van der Waals surface area contributed by atoms with Gasteiger partial charge in [-0.2, -0.15) is 0 Å². The van der Waals surface area contributed by atoms with Gasteiger partial charge in [-0.15, -0.1) is 0 Å². The van der Waals surface area contributed by atoms with Crippen LogP contribution in [-0.2, 0) is 20.9 Å². The maximum absolute atomic E-state index is 12.5. The molecule has 1 atom stereocenters. The van der Waals surface area contributed by atoms with E-state index in [0.29, 0.717) is 25.9 Å². The van der Waals surface area contributed by atoms with Gasteiger partial charge in [0.15, 0.2) is 0 Å². The van der Waals surface area contributed by atoms with E-state index in [1.165, 1.54) is 0 Å². The van der Waals surface area contributed by atoms with E-state index >= 15 is 0 Å². The molecule has 5 nitrogen and oxygen atoms in total. The quantitative estimate of drug-likeness (QED) is 0.794. The van der Waals surface area contributed by atoms with Gasteiger partial charge in [-0.3, -0.25) is 9.59 Å². The van der Waals surface area contributed by atoms with Crippen LogP contribution in [0.2, 0.25) is 0 Å². The first kappa shape index (κ1) is 18.3. The Balaban J connectivity index is 2.09. The largest absolute Gasteiger partial charge is 0.497 e. The molecule has 24 heavy (non-hydrogen) atoms. The smallest absolute Gasteiger partial charge is 0.314 e. The van der Waals surface area contributed by atoms with E-state index in [0.717, 1.165) is 11.3 Å². The van der Waals surface area contributed by atoms with Crippen LogP contribution in [0.15, 0.2) is 24.3 Å². The van der Waals surface area contributed by atoms with Crippen molar-refractivity contribution in [2.45, 2.75) is 52.7 Å². The SMILES string of the molecule is COc1ccc(CN2CC(C)(C(=O)OC(C)(C)C)CCC2=O)cc1. The van der Waals surface area contributed by atoms with Gasteiger partial charge < -0.3 is 14.4 Å². The molecule has 1 saturated heterocycles. The number of hydrogen-bond donors (Lipinski definition) is 0. The summed E-state index contributed by atoms with van der Waals surface area (Å²) in [4.78, 5) is 26.6. The molecule has 0 radical (unpaired) electrons. The molecule has 1 unspecified atom stereocenters. The number of benzene rings is 1. The predicted molar refractivity (Wildman–Crippen MR) is 91.6 cm³/mol. The Kier molecular flexibility index (Phi) is 5.21. The summed E-state index contributed by atoms with van der Waals surface area (Å²) < 4.78 is 10.7. The average molecular weight is 333 g/mol. The fourth-order valence-electron chi connectivity index (χ4n) is 2.79. The number of carbonyl (C=O) groups is 2. The number of esters is 1. The molecular weight excluding hydrogens is 306 g/mol. The number of rotatable bonds is 4. The Bertz CT molecular complexity index is 603. The van der Waals surface area contributed by atoms with Gasteiger partial charge in [0, 0.05) is 19.5 Å². The predicted octanol–water partition coefficient (Wildman–Crippen LogP) is 3.17. The summed E-state index contributed by atoms with van der Waals surface area (Å²) in [6, 6.07) is 7.62. The summed E-state index contributed by atoms with van der Waals surface area (Å²) in [5.74, 6) is 0.622. The van der Waals surface area contributed by atoms with Gasteiger partial charge >= 0.3 is 5.97 Å². The van der Waals surface area contributed by atoms with E-state index in [4.69, 9.17) is 9.47 Å². The van der Waals surface area contributed by atoms with E-state index in [1.807, 2.05) is 52.0 Å². The van der Waals surface area contributed by atoms with Gasteiger partial charge in [0.05, 0.1) is 12.5 Å². The summed E-state index contributed by atoms with van der Waals surface area (Å²) in [5.41, 5.74) is -0.173. The van der Waals surface area contributed by atoms with Crippen LogP contribution < -0.4 is 4.74 Å². The lowest BCUT2D eigenvalue weighted by Crippen LogP contribution is -2.50. The fraction of sp³-hybridized carbons (Fsp3) is 0.579. The number of methoxy groups -OCH3 is 1. The minimum absolute atomic E-state index is 0.0758. The summed E-state index contributed by atoms with van der Waals surface area (Å²) in [5, 5.41) is 0. The second-order valence-electron chi connectivity index (χ2n) is 7.66. The lowest BCUT2D eigenvalue weighted by atomic mass is 9.81. The van der Waals surface area contributed by atoms with E-state index in [2.05, 4.69) is 0 Å². The molecule has 0 bridgehead atoms. The number of ether oxygens (including phenoxy) is 2. The molecule has 2 rings (SSSR count). The first-order valence-corrected chi connectivity index (χ1v) is 8.27. The summed E-state index contributed by atoms with van der Waals surface area (Å²) in [6.45, 7) is 8.33. The van der Waals surface area contributed by atoms with Crippen LogP contribution in [0.5, 0.6) is 5.75 Å². The zero-order valence-corrected chi connectivity index (χ0v) is 15.2. The van der Waals surface area contributed by atoms with E-state index < -0.39 is 11.0 Å². The van der Waals surface area contributed by atoms with Gasteiger partial charge in [-0.05, 0) is 51.8 Å². The molecule has 1 heterocycles. The molecular formula is C19H27NO4. The topological polar surface area (TPSA) is 55.8 Å². The van der Waals surface area contributed by atoms with Crippen molar-refractivity contribution in [2.75, 3.05) is 13.7 Å². The Hall–Kier alpha value is -2.04. The van der Waals surface area contributed by atoms with Crippen molar-refractivity contribution >= 4 is 11.9 Å². The highest BCUT2D eigenvalue weighted by Crippen LogP contribution is 2.33. The molecule has 0 aliphatic carbocycles. The van der Waals surface area contributed by atoms with Gasteiger partial charge in [-0.1, -0.05) is 12.1 Å². The summed E-state index contributed by atoms with van der Waals surface area (Å²) in [7, 11) is 1.62. The van der Waals surface area contributed by atoms with Crippen LogP contribution in [0.25, 0.3) is 0 Å². The van der Waals surface area contributed by atoms with Crippen molar-refractivity contribution in [2.24, 2.45) is 5.41 Å². The third-order valence-corrected chi connectivity index (χ3v) is 4.21. The van der Waals surface area contributed by atoms with Crippen molar-refractivity contribution in [3.05, 3.63) is 29.8 Å². The van der Waals surface area contributed by atoms with Gasteiger partial charge in [-0.25, -0.2) is 0 Å². The molecule has 0 aromatic heterocycles. The number of amides is 1. The number of nitrogens with zero attached hydrogens (tertiary/aromatic N) is 1. The van der Waals surface area contributed by atoms with Crippen LogP contribution >= 0.6 is 0 Å². The van der Waals surface area contributed by atoms with Gasteiger partial charge in [0.25, 0.3) is 0 Å². The number of carbonyl (C=O) groups excluding carboxylic acids is 2. The molecule has 1 aromatic rings. The highest BCUT2D eigenvalue weighted by atomic mass is 16.6. The molecule has 0 spiro atoms. The second kappa shape index (κ2) is 6.83. The van der Waals surface area contributed by atoms with Crippen LogP contribution in [0, 0.1) is 5.41 Å². The van der Waals surface area contributed by atoms with Crippen LogP contribution in [0.1, 0.15) is 46.1 Å². The van der Waals surface area contributed by atoms with E-state index in [9.17, 15) is 9.59 Å². The van der Waals surface area contributed by atoms with Gasteiger partial charge in [0.2, 0.25) is 5.91 Å². The first-order valence-electron chi connectivity index (χ1n) is 8.27. The standard InChI is InChI=1S/C19H27NO4/c1-18(2,3)24-17(22)19(4)11-10-16(21)20(13-19)12-14-6-8-15(23-5)9-7-14/h6-9H,10-13H2,1-5H3. The van der Waals surface area contributed by atoms with Crippen LogP contribution in [0.3, 0.4) is 0 Å². The maximum atomic E-state index is 12.5. The molecule has 1 fully saturated rings. The fourth-order valence-corrected chi connectivity index (χ4v) is 2.79. The Morgan fingerprint density at radius 3 is 2.42 bits per heavy atom. The van der Waals surface area contributed by atoms with Crippen LogP contribution in [-0.4, -0.2) is 36.0 Å². The van der Waals surface area contributed by atoms with Crippen LogP contribution in [0.4, 0.5) is 0 Å². The van der Waals surface area contributed by atoms with Crippen molar-refractivity contribution in [1.29, 1.82) is 0 Å². The zero-order valence-electron chi connectivity index (χ0n) is 15.2. The second-order valence-corrected chi connectivity index (χ2v) is 7.66. The molecule has 5 heteroatoms. The van der Waals surface area contributed by atoms with Crippen molar-refractivity contribution in [3.8, 4) is 5.75 Å². The molecule has 1 amide bonds. The minimum Gasteiger partial charge on any atom is -0.497 e. The van der Waals surface area contributed by atoms with Gasteiger partial charge in [0.1, 0.15) is 11.4 Å². The molecule has 1 aliphatic rings. The monoisotopic (exact) mass is 333 g/mol. The Morgan fingerprint density at radius 1 is 1.25 bits per heavy atom. The van der Waals surface area contributed by atoms with E-state index in [1.54, 1.807) is 12.0 Å². The Labute approximate surface area is 143 Å². The lowest BCUT2D eigenvalue weighted by Gasteiger charge is -2.39. The highest BCUT2D eigenvalue weighted by molar-refractivity contribution is 5.83. The van der Waals surface area contributed by atoms with E-state index in [-0.39, 0.29) is 11.9 Å². The summed E-state index contributed by atoms with van der Waals surface area (Å²) >= 11 is 0. The average Bonchev–Trinajstić information content (AvgIpc) is 2.50. The third kappa shape index (κ3) is 4.49. The third-order valence-electron chi connectivity index (χ3n) is 4.21. The highest BCUT2D eigenvalue weighted by Gasteiger charge is 2.43. The summed E-state index contributed by atoms with van der Waals surface area (Å²) in [6.07, 6.45) is 0.895. The normalized spacial score (nSPS) is 21.5. The zero-order chi connectivity index (χ0) is 18.0. The molecule has 1 aliphatic heterocycles. The number of hydrogen-bond acceptors (Lipinski definition) is 4. The first-order chi connectivity index (χ1) is 11.1. The molecule has 132 valence electrons. The van der Waals surface area contributed by atoms with Crippen molar-refractivity contribution in [1.82, 2.24) is 4.90 Å². The van der Waals surface area contributed by atoms with Crippen molar-refractivity contribution in [3.63, 3.8) is 0 Å². The molecule has 0 saturated carbocycles. The number of piperidine rings is 1. The molecule has 0 N–H and O–H groups in total. The molecule has 1 aromatic carbocycles.